The minimum atomic E-state index is -4.35. The summed E-state index contributed by atoms with van der Waals surface area (Å²) < 4.78 is 49.6. The van der Waals surface area contributed by atoms with Crippen LogP contribution in [0.15, 0.2) is 18.2 Å². The molecule has 1 aromatic rings. The number of hydrogen-bond donors (Lipinski definition) is 1. The van der Waals surface area contributed by atoms with Gasteiger partial charge in [-0.15, -0.1) is 0 Å². The van der Waals surface area contributed by atoms with Crippen molar-refractivity contribution in [3.8, 4) is 0 Å². The topological polar surface area (TPSA) is 43.1 Å². The van der Waals surface area contributed by atoms with Crippen molar-refractivity contribution in [2.24, 2.45) is 5.14 Å². The zero-order valence-corrected chi connectivity index (χ0v) is 11.9. The van der Waals surface area contributed by atoms with Gasteiger partial charge < -0.3 is 0 Å². The van der Waals surface area contributed by atoms with Crippen LogP contribution in [-0.2, 0) is 17.2 Å². The third kappa shape index (κ3) is 4.04. The van der Waals surface area contributed by atoms with Crippen molar-refractivity contribution in [3.63, 3.8) is 0 Å². The van der Waals surface area contributed by atoms with E-state index in [9.17, 15) is 17.4 Å². The van der Waals surface area contributed by atoms with Gasteiger partial charge in [-0.25, -0.2) is 4.21 Å². The number of halogens is 3. The van der Waals surface area contributed by atoms with Gasteiger partial charge in [-0.3, -0.25) is 5.14 Å². The Morgan fingerprint density at radius 1 is 1.32 bits per heavy atom. The van der Waals surface area contributed by atoms with Gasteiger partial charge in [0.1, 0.15) is 0 Å². The Morgan fingerprint density at radius 3 is 2.37 bits per heavy atom. The van der Waals surface area contributed by atoms with Crippen LogP contribution in [-0.4, -0.2) is 9.46 Å². The Bertz CT molecular complexity index is 473. The highest BCUT2D eigenvalue weighted by Crippen LogP contribution is 2.35. The number of nitrogens with two attached hydrogens (primary N) is 1. The van der Waals surface area contributed by atoms with E-state index >= 15 is 0 Å². The molecule has 3 atom stereocenters. The van der Waals surface area contributed by atoms with Gasteiger partial charge >= 0.3 is 6.18 Å². The second kappa shape index (κ2) is 6.05. The van der Waals surface area contributed by atoms with E-state index in [1.807, 2.05) is 6.92 Å². The number of rotatable bonds is 4. The van der Waals surface area contributed by atoms with Crippen LogP contribution in [0, 0.1) is 6.92 Å². The lowest BCUT2D eigenvalue weighted by molar-refractivity contribution is -0.138. The van der Waals surface area contributed by atoms with Gasteiger partial charge in [0.2, 0.25) is 0 Å². The minimum Gasteiger partial charge on any atom is -0.252 e. The molecule has 6 heteroatoms. The molecule has 0 aliphatic rings. The van der Waals surface area contributed by atoms with E-state index in [4.69, 9.17) is 5.14 Å². The van der Waals surface area contributed by atoms with Crippen LogP contribution in [0.25, 0.3) is 0 Å². The van der Waals surface area contributed by atoms with Gasteiger partial charge in [0, 0.05) is 5.25 Å². The quantitative estimate of drug-likeness (QED) is 0.907. The van der Waals surface area contributed by atoms with Crippen LogP contribution in [0.4, 0.5) is 13.2 Å². The normalized spacial score (nSPS) is 17.0. The number of benzene rings is 1. The summed E-state index contributed by atoms with van der Waals surface area (Å²) in [6.45, 7) is 5.03. The zero-order chi connectivity index (χ0) is 14.8. The van der Waals surface area contributed by atoms with Crippen molar-refractivity contribution in [3.05, 3.63) is 34.9 Å². The van der Waals surface area contributed by atoms with E-state index in [1.54, 1.807) is 13.0 Å². The molecule has 0 amide bonds. The van der Waals surface area contributed by atoms with Gasteiger partial charge in [0.25, 0.3) is 0 Å². The summed E-state index contributed by atoms with van der Waals surface area (Å²) in [5.74, 6) is -0.121. The molecule has 0 fully saturated rings. The first-order valence-electron chi connectivity index (χ1n) is 5.96. The van der Waals surface area contributed by atoms with Crippen molar-refractivity contribution in [2.45, 2.75) is 44.5 Å². The van der Waals surface area contributed by atoms with Crippen LogP contribution in [0.3, 0.4) is 0 Å². The van der Waals surface area contributed by atoms with Crippen molar-refractivity contribution in [1.29, 1.82) is 0 Å². The molecule has 108 valence electrons. The van der Waals surface area contributed by atoms with Gasteiger partial charge in [0.05, 0.1) is 16.5 Å². The average Bonchev–Trinajstić information content (AvgIpc) is 2.27. The van der Waals surface area contributed by atoms with E-state index < -0.39 is 22.7 Å². The van der Waals surface area contributed by atoms with Crippen molar-refractivity contribution < 1.29 is 17.4 Å². The van der Waals surface area contributed by atoms with E-state index in [0.717, 1.165) is 6.07 Å². The molecule has 0 radical (unpaired) electrons. The van der Waals surface area contributed by atoms with E-state index in [2.05, 4.69) is 0 Å². The van der Waals surface area contributed by atoms with Crippen molar-refractivity contribution >= 4 is 11.0 Å². The molecule has 2 N–H and O–H groups in total. The summed E-state index contributed by atoms with van der Waals surface area (Å²) in [5.41, 5.74) is 0.253. The predicted octanol–water partition coefficient (Wildman–Crippen LogP) is 3.52. The van der Waals surface area contributed by atoms with Crippen molar-refractivity contribution in [2.75, 3.05) is 0 Å². The van der Waals surface area contributed by atoms with E-state index in [0.29, 0.717) is 12.0 Å². The first-order chi connectivity index (χ1) is 8.64. The summed E-state index contributed by atoms with van der Waals surface area (Å²) >= 11 is 0. The Labute approximate surface area is 113 Å². The fraction of sp³-hybridized carbons (Fsp3) is 0.538. The number of hydrogen-bond acceptors (Lipinski definition) is 1. The molecule has 0 saturated heterocycles. The summed E-state index contributed by atoms with van der Waals surface area (Å²) in [5, 5.41) is 5.05. The maximum absolute atomic E-state index is 12.8. The lowest BCUT2D eigenvalue weighted by atomic mass is 9.90. The molecule has 0 spiro atoms. The summed E-state index contributed by atoms with van der Waals surface area (Å²) in [7, 11) is -1.46. The molecule has 2 unspecified atom stereocenters. The highest BCUT2D eigenvalue weighted by Gasteiger charge is 2.33. The molecule has 0 bridgehead atoms. The van der Waals surface area contributed by atoms with Gasteiger partial charge in [-0.05, 0) is 43.4 Å². The summed E-state index contributed by atoms with van der Waals surface area (Å²) in [6.07, 6.45) is -3.85. The fourth-order valence-electron chi connectivity index (χ4n) is 2.21. The second-order valence-corrected chi connectivity index (χ2v) is 6.26. The summed E-state index contributed by atoms with van der Waals surface area (Å²) in [4.78, 5) is 0. The highest BCUT2D eigenvalue weighted by molar-refractivity contribution is 7.83. The van der Waals surface area contributed by atoms with E-state index in [1.165, 1.54) is 13.0 Å². The maximum Gasteiger partial charge on any atom is 0.416 e. The maximum atomic E-state index is 12.8. The second-order valence-electron chi connectivity index (χ2n) is 4.79. The molecule has 0 aliphatic carbocycles. The molecule has 1 rings (SSSR count). The van der Waals surface area contributed by atoms with Crippen LogP contribution >= 0.6 is 0 Å². The third-order valence-electron chi connectivity index (χ3n) is 3.29. The smallest absolute Gasteiger partial charge is 0.252 e. The number of alkyl halides is 3. The monoisotopic (exact) mass is 293 g/mol. The Balaban J connectivity index is 3.05. The largest absolute Gasteiger partial charge is 0.416 e. The Morgan fingerprint density at radius 2 is 1.89 bits per heavy atom. The fourth-order valence-corrected chi connectivity index (χ4v) is 2.69. The molecule has 19 heavy (non-hydrogen) atoms. The van der Waals surface area contributed by atoms with Gasteiger partial charge in [0.15, 0.2) is 0 Å². The highest BCUT2D eigenvalue weighted by atomic mass is 32.2. The van der Waals surface area contributed by atoms with Crippen LogP contribution in [0.1, 0.15) is 42.9 Å². The molecular formula is C13H18F3NOS. The average molecular weight is 293 g/mol. The molecule has 2 nitrogen and oxygen atoms in total. The van der Waals surface area contributed by atoms with Gasteiger partial charge in [-0.2, -0.15) is 13.2 Å². The SMILES string of the molecule is Cc1c([C@H](C)CC(C)S(N)=O)cccc1C(F)(F)F. The van der Waals surface area contributed by atoms with Crippen LogP contribution in [0.2, 0.25) is 0 Å². The third-order valence-corrected chi connectivity index (χ3v) is 4.28. The Hall–Kier alpha value is -0.880. The first-order valence-corrected chi connectivity index (χ1v) is 7.24. The zero-order valence-electron chi connectivity index (χ0n) is 11.1. The lowest BCUT2D eigenvalue weighted by Gasteiger charge is -2.20. The summed E-state index contributed by atoms with van der Waals surface area (Å²) in [6, 6.07) is 4.17. The van der Waals surface area contributed by atoms with E-state index in [-0.39, 0.29) is 16.7 Å². The molecule has 0 saturated carbocycles. The van der Waals surface area contributed by atoms with Crippen LogP contribution in [0.5, 0.6) is 0 Å². The minimum absolute atomic E-state index is 0.121. The van der Waals surface area contributed by atoms with Crippen LogP contribution < -0.4 is 5.14 Å². The molecule has 0 heterocycles. The van der Waals surface area contributed by atoms with Crippen molar-refractivity contribution in [1.82, 2.24) is 0 Å². The standard InChI is InChI=1S/C13H18F3NOS/c1-8(7-9(2)19(17)18)11-5-4-6-12(10(11)3)13(14,15)16/h4-6,8-9H,7,17H2,1-3H3/t8-,9?,19?/m1/s1. The molecule has 1 aromatic carbocycles. The predicted molar refractivity (Wildman–Crippen MR) is 71.0 cm³/mol. The Kier molecular flexibility index (Phi) is 5.15. The molecule has 0 aliphatic heterocycles. The lowest BCUT2D eigenvalue weighted by Crippen LogP contribution is -2.20. The molecule has 0 aromatic heterocycles. The molecular weight excluding hydrogens is 275 g/mol. The first kappa shape index (κ1) is 16.2. The van der Waals surface area contributed by atoms with Gasteiger partial charge in [-0.1, -0.05) is 19.1 Å².